The molecule has 0 amide bonds. The highest BCUT2D eigenvalue weighted by Crippen LogP contribution is 2.24. The molecule has 1 aliphatic rings. The average molecular weight is 313 g/mol. The molecule has 0 atom stereocenters. The lowest BCUT2D eigenvalue weighted by molar-refractivity contribution is -0.0633. The summed E-state index contributed by atoms with van der Waals surface area (Å²) >= 11 is 0. The zero-order chi connectivity index (χ0) is 15.8. The Morgan fingerprint density at radius 2 is 1.86 bits per heavy atom. The Hall–Kier alpha value is -1.04. The van der Waals surface area contributed by atoms with Crippen molar-refractivity contribution in [3.8, 4) is 0 Å². The highest BCUT2D eigenvalue weighted by atomic mass is 19.3. The molecular formula is C17H25F2NO2. The Kier molecular flexibility index (Phi) is 6.73. The number of nitrogens with zero attached hydrogens (tertiary/aromatic N) is 1. The van der Waals surface area contributed by atoms with Crippen LogP contribution in [-0.2, 0) is 11.3 Å². The van der Waals surface area contributed by atoms with Crippen molar-refractivity contribution in [2.75, 3.05) is 26.2 Å². The predicted molar refractivity (Wildman–Crippen MR) is 82.0 cm³/mol. The number of likely N-dealkylation sites (tertiary alicyclic amines) is 1. The number of rotatable bonds is 8. The fraction of sp³-hybridized carbons (Fsp3) is 0.647. The third kappa shape index (κ3) is 5.99. The molecule has 3 nitrogen and oxygen atoms in total. The van der Waals surface area contributed by atoms with E-state index in [2.05, 4.69) is 0 Å². The maximum Gasteiger partial charge on any atom is 0.260 e. The highest BCUT2D eigenvalue weighted by Gasteiger charge is 2.32. The standard InChI is InChI=1S/C17H25F2NO2/c18-17(19,9-4-12-21)14-20-10-7-16(8-11-20)22-13-15-5-2-1-3-6-15/h1-3,5-6,16,21H,4,7-14H2. The van der Waals surface area contributed by atoms with E-state index in [0.29, 0.717) is 19.7 Å². The minimum Gasteiger partial charge on any atom is -0.396 e. The van der Waals surface area contributed by atoms with Gasteiger partial charge in [-0.3, -0.25) is 4.90 Å². The van der Waals surface area contributed by atoms with E-state index in [1.54, 1.807) is 4.90 Å². The van der Waals surface area contributed by atoms with Crippen LogP contribution in [0.15, 0.2) is 30.3 Å². The van der Waals surface area contributed by atoms with Crippen molar-refractivity contribution in [3.05, 3.63) is 35.9 Å². The Labute approximate surface area is 130 Å². The van der Waals surface area contributed by atoms with Crippen LogP contribution in [0.3, 0.4) is 0 Å². The van der Waals surface area contributed by atoms with Gasteiger partial charge >= 0.3 is 0 Å². The molecule has 0 radical (unpaired) electrons. The van der Waals surface area contributed by atoms with Gasteiger partial charge in [0.2, 0.25) is 0 Å². The van der Waals surface area contributed by atoms with E-state index >= 15 is 0 Å². The Morgan fingerprint density at radius 3 is 2.50 bits per heavy atom. The van der Waals surface area contributed by atoms with E-state index in [1.807, 2.05) is 30.3 Å². The maximum atomic E-state index is 13.7. The van der Waals surface area contributed by atoms with Crippen molar-refractivity contribution < 1.29 is 18.6 Å². The Morgan fingerprint density at radius 1 is 1.18 bits per heavy atom. The van der Waals surface area contributed by atoms with Crippen molar-refractivity contribution >= 4 is 0 Å². The van der Waals surface area contributed by atoms with E-state index in [-0.39, 0.29) is 32.1 Å². The van der Waals surface area contributed by atoms with Gasteiger partial charge in [0.1, 0.15) is 0 Å². The summed E-state index contributed by atoms with van der Waals surface area (Å²) in [5, 5.41) is 8.66. The molecule has 1 N–H and O–H groups in total. The summed E-state index contributed by atoms with van der Waals surface area (Å²) in [6, 6.07) is 9.98. The van der Waals surface area contributed by atoms with Gasteiger partial charge in [0, 0.05) is 26.1 Å². The minimum absolute atomic E-state index is 0.155. The topological polar surface area (TPSA) is 32.7 Å². The second kappa shape index (κ2) is 8.56. The lowest BCUT2D eigenvalue weighted by Crippen LogP contribution is -2.43. The molecule has 0 saturated carbocycles. The zero-order valence-corrected chi connectivity index (χ0v) is 12.9. The molecule has 22 heavy (non-hydrogen) atoms. The normalized spacial score (nSPS) is 17.8. The molecule has 124 valence electrons. The first-order valence-corrected chi connectivity index (χ1v) is 7.96. The molecule has 5 heteroatoms. The van der Waals surface area contributed by atoms with E-state index in [4.69, 9.17) is 9.84 Å². The van der Waals surface area contributed by atoms with E-state index in [1.165, 1.54) is 0 Å². The number of aliphatic hydroxyl groups is 1. The van der Waals surface area contributed by atoms with Crippen LogP contribution >= 0.6 is 0 Å². The van der Waals surface area contributed by atoms with Gasteiger partial charge in [-0.25, -0.2) is 8.78 Å². The molecule has 1 aromatic rings. The van der Waals surface area contributed by atoms with Crippen LogP contribution in [0.1, 0.15) is 31.2 Å². The smallest absolute Gasteiger partial charge is 0.260 e. The van der Waals surface area contributed by atoms with Crippen LogP contribution in [0.5, 0.6) is 0 Å². The minimum atomic E-state index is -2.71. The van der Waals surface area contributed by atoms with Crippen LogP contribution in [0.2, 0.25) is 0 Å². The van der Waals surface area contributed by atoms with Crippen LogP contribution < -0.4 is 0 Å². The summed E-state index contributed by atoms with van der Waals surface area (Å²) in [4.78, 5) is 1.81. The molecule has 0 aromatic heterocycles. The van der Waals surface area contributed by atoms with Crippen molar-refractivity contribution in [1.82, 2.24) is 4.90 Å². The molecule has 1 aliphatic heterocycles. The number of aliphatic hydroxyl groups excluding tert-OH is 1. The Bertz CT molecular complexity index is 420. The molecule has 1 aromatic carbocycles. The van der Waals surface area contributed by atoms with Crippen LogP contribution in [-0.4, -0.2) is 48.3 Å². The molecule has 2 rings (SSSR count). The lowest BCUT2D eigenvalue weighted by atomic mass is 10.1. The first-order valence-electron chi connectivity index (χ1n) is 7.96. The summed E-state index contributed by atoms with van der Waals surface area (Å²) in [5.41, 5.74) is 1.14. The van der Waals surface area contributed by atoms with Crippen LogP contribution in [0, 0.1) is 0 Å². The predicted octanol–water partition coefficient (Wildman–Crippen LogP) is 3.08. The summed E-state index contributed by atoms with van der Waals surface area (Å²) < 4.78 is 33.2. The van der Waals surface area contributed by atoms with Gasteiger partial charge in [0.25, 0.3) is 5.92 Å². The van der Waals surface area contributed by atoms with Crippen molar-refractivity contribution in [3.63, 3.8) is 0 Å². The molecule has 0 unspecified atom stereocenters. The van der Waals surface area contributed by atoms with Crippen molar-refractivity contribution in [2.45, 2.75) is 44.3 Å². The number of ether oxygens (including phenoxy) is 1. The number of hydrogen-bond acceptors (Lipinski definition) is 3. The highest BCUT2D eigenvalue weighted by molar-refractivity contribution is 5.13. The summed E-state index contributed by atoms with van der Waals surface area (Å²) in [6.45, 7) is 1.49. The van der Waals surface area contributed by atoms with Crippen LogP contribution in [0.25, 0.3) is 0 Å². The molecule has 1 fully saturated rings. The lowest BCUT2D eigenvalue weighted by Gasteiger charge is -2.34. The summed E-state index contributed by atoms with van der Waals surface area (Å²) in [6.07, 6.45) is 1.66. The van der Waals surface area contributed by atoms with Crippen LogP contribution in [0.4, 0.5) is 8.78 Å². The number of alkyl halides is 2. The number of benzene rings is 1. The number of hydrogen-bond donors (Lipinski definition) is 1. The summed E-state index contributed by atoms with van der Waals surface area (Å²) in [5.74, 6) is -2.71. The SMILES string of the molecule is OCCCC(F)(F)CN1CCC(OCc2ccccc2)CC1. The number of halogens is 2. The first-order chi connectivity index (χ1) is 10.6. The third-order valence-corrected chi connectivity index (χ3v) is 4.02. The van der Waals surface area contributed by atoms with Crippen molar-refractivity contribution in [2.24, 2.45) is 0 Å². The second-order valence-corrected chi connectivity index (χ2v) is 5.96. The van der Waals surface area contributed by atoms with E-state index < -0.39 is 5.92 Å². The van der Waals surface area contributed by atoms with E-state index in [9.17, 15) is 8.78 Å². The van der Waals surface area contributed by atoms with Gasteiger partial charge in [0.05, 0.1) is 19.3 Å². The monoisotopic (exact) mass is 313 g/mol. The van der Waals surface area contributed by atoms with Gasteiger partial charge in [0.15, 0.2) is 0 Å². The fourth-order valence-electron chi connectivity index (χ4n) is 2.77. The first kappa shape index (κ1) is 17.3. The number of piperidine rings is 1. The van der Waals surface area contributed by atoms with Gasteiger partial charge in [-0.2, -0.15) is 0 Å². The third-order valence-electron chi connectivity index (χ3n) is 4.02. The average Bonchev–Trinajstić information content (AvgIpc) is 2.53. The largest absolute Gasteiger partial charge is 0.396 e. The maximum absolute atomic E-state index is 13.7. The van der Waals surface area contributed by atoms with E-state index in [0.717, 1.165) is 18.4 Å². The molecule has 0 spiro atoms. The molecular weight excluding hydrogens is 288 g/mol. The zero-order valence-electron chi connectivity index (χ0n) is 12.9. The second-order valence-electron chi connectivity index (χ2n) is 5.96. The molecule has 1 saturated heterocycles. The molecule has 0 bridgehead atoms. The quantitative estimate of drug-likeness (QED) is 0.800. The molecule has 1 heterocycles. The fourth-order valence-corrected chi connectivity index (χ4v) is 2.77. The Balaban J connectivity index is 1.67. The van der Waals surface area contributed by atoms with Gasteiger partial charge in [-0.15, -0.1) is 0 Å². The van der Waals surface area contributed by atoms with Crippen molar-refractivity contribution in [1.29, 1.82) is 0 Å². The summed E-state index contributed by atoms with van der Waals surface area (Å²) in [7, 11) is 0. The van der Waals surface area contributed by atoms with Gasteiger partial charge < -0.3 is 9.84 Å². The van der Waals surface area contributed by atoms with Gasteiger partial charge in [-0.1, -0.05) is 30.3 Å². The van der Waals surface area contributed by atoms with Gasteiger partial charge in [-0.05, 0) is 24.8 Å². The molecule has 0 aliphatic carbocycles.